The highest BCUT2D eigenvalue weighted by atomic mass is 14.7. The number of nitrogens with zero attached hydrogens (tertiary/aromatic N) is 2. The quantitative estimate of drug-likeness (QED) is 0.171. The number of fused-ring (bicyclic) bond motifs is 9. The summed E-state index contributed by atoms with van der Waals surface area (Å²) in [6.07, 6.45) is 1.84. The van der Waals surface area contributed by atoms with Gasteiger partial charge in [-0.1, -0.05) is 170 Å². The lowest BCUT2D eigenvalue weighted by molar-refractivity contribution is 1.37. The minimum atomic E-state index is 0.933. The van der Waals surface area contributed by atoms with Gasteiger partial charge in [0, 0.05) is 22.5 Å². The largest absolute Gasteiger partial charge is 0.254 e. The Morgan fingerprint density at radius 2 is 0.786 bits per heavy atom. The Labute approximate surface area is 322 Å². The van der Waals surface area contributed by atoms with Crippen LogP contribution in [0.1, 0.15) is 0 Å². The van der Waals surface area contributed by atoms with Gasteiger partial charge in [-0.3, -0.25) is 4.98 Å². The van der Waals surface area contributed by atoms with Crippen molar-refractivity contribution in [2.75, 3.05) is 0 Å². The second-order valence-electron chi connectivity index (χ2n) is 14.9. The molecule has 0 unspecified atom stereocenters. The lowest BCUT2D eigenvalue weighted by atomic mass is 9.88. The Kier molecular flexibility index (Phi) is 6.66. The molecule has 10 aromatic carbocycles. The van der Waals surface area contributed by atoms with E-state index < -0.39 is 0 Å². The van der Waals surface area contributed by atoms with E-state index in [4.69, 9.17) is 4.98 Å². The van der Waals surface area contributed by atoms with E-state index in [0.717, 1.165) is 33.1 Å². The first-order valence-electron chi connectivity index (χ1n) is 19.2. The topological polar surface area (TPSA) is 25.8 Å². The summed E-state index contributed by atoms with van der Waals surface area (Å²) in [5.41, 5.74) is 8.72. The average Bonchev–Trinajstić information content (AvgIpc) is 3.27. The molecule has 2 heterocycles. The molecule has 56 heavy (non-hydrogen) atoms. The van der Waals surface area contributed by atoms with Crippen LogP contribution in [0.5, 0.6) is 0 Å². The van der Waals surface area contributed by atoms with Crippen LogP contribution in [0.2, 0.25) is 0 Å². The molecule has 0 aliphatic heterocycles. The summed E-state index contributed by atoms with van der Waals surface area (Å²) < 4.78 is 0. The molecule has 2 aromatic heterocycles. The Bertz CT molecular complexity index is 3580. The van der Waals surface area contributed by atoms with Crippen molar-refractivity contribution in [3.05, 3.63) is 194 Å². The van der Waals surface area contributed by atoms with Gasteiger partial charge < -0.3 is 0 Å². The van der Waals surface area contributed by atoms with Crippen LogP contribution in [0.15, 0.2) is 194 Å². The average molecular weight is 709 g/mol. The van der Waals surface area contributed by atoms with Gasteiger partial charge in [-0.25, -0.2) is 4.98 Å². The van der Waals surface area contributed by atoms with Crippen molar-refractivity contribution in [2.24, 2.45) is 0 Å². The molecule has 2 nitrogen and oxygen atoms in total. The van der Waals surface area contributed by atoms with E-state index in [1.807, 2.05) is 12.3 Å². The van der Waals surface area contributed by atoms with Gasteiger partial charge in [0.1, 0.15) is 0 Å². The lowest BCUT2D eigenvalue weighted by Gasteiger charge is -2.15. The number of hydrogen-bond donors (Lipinski definition) is 0. The molecule has 0 bridgehead atoms. The van der Waals surface area contributed by atoms with Crippen LogP contribution >= 0.6 is 0 Å². The first-order valence-corrected chi connectivity index (χ1v) is 19.2. The molecule has 0 amide bonds. The molecule has 0 aliphatic carbocycles. The minimum absolute atomic E-state index is 0.933. The monoisotopic (exact) mass is 708 g/mol. The van der Waals surface area contributed by atoms with Gasteiger partial charge in [0.05, 0.1) is 16.7 Å². The van der Waals surface area contributed by atoms with E-state index in [-0.39, 0.29) is 0 Å². The van der Waals surface area contributed by atoms with E-state index in [2.05, 4.69) is 187 Å². The van der Waals surface area contributed by atoms with Crippen molar-refractivity contribution in [2.45, 2.75) is 0 Å². The predicted octanol–water partition coefficient (Wildman–Crippen LogP) is 14.7. The molecule has 0 atom stereocenters. The van der Waals surface area contributed by atoms with Crippen molar-refractivity contribution in [3.63, 3.8) is 0 Å². The van der Waals surface area contributed by atoms with Gasteiger partial charge >= 0.3 is 0 Å². The zero-order chi connectivity index (χ0) is 36.7. The van der Waals surface area contributed by atoms with Crippen molar-refractivity contribution >= 4 is 86.4 Å². The molecule has 2 heteroatoms. The maximum atomic E-state index is 5.10. The van der Waals surface area contributed by atoms with Crippen molar-refractivity contribution < 1.29 is 0 Å². The van der Waals surface area contributed by atoms with Crippen LogP contribution in [-0.4, -0.2) is 9.97 Å². The van der Waals surface area contributed by atoms with Crippen LogP contribution in [0.25, 0.3) is 120 Å². The summed E-state index contributed by atoms with van der Waals surface area (Å²) in [6, 6.07) is 68.9. The summed E-state index contributed by atoms with van der Waals surface area (Å²) in [5.74, 6) is 0. The maximum absolute atomic E-state index is 5.10. The number of aromatic nitrogens is 2. The molecule has 0 saturated heterocycles. The molecule has 0 N–H and O–H groups in total. The lowest BCUT2D eigenvalue weighted by Crippen LogP contribution is -1.90. The molecule has 12 rings (SSSR count). The molecule has 258 valence electrons. The van der Waals surface area contributed by atoms with Gasteiger partial charge in [0.2, 0.25) is 0 Å². The highest BCUT2D eigenvalue weighted by Gasteiger charge is 2.15. The van der Waals surface area contributed by atoms with Crippen LogP contribution in [-0.2, 0) is 0 Å². The SMILES string of the molecule is c1cnc2c(c1)ccc1ccc(-c3ccc(-c4ccc(-c5ccc6c(c5)c5ccccc5c5cccc7ccc8cccc6c8c75)c5ccccc45)cc3)nc12. The van der Waals surface area contributed by atoms with Crippen LogP contribution in [0, 0.1) is 0 Å². The smallest absolute Gasteiger partial charge is 0.0972 e. The van der Waals surface area contributed by atoms with E-state index in [0.29, 0.717) is 0 Å². The standard InChI is InChI=1S/C54H32N2/c1-2-12-43-41(29-28-40(42(43)11-1)33-17-19-34(20-18-33)50-30-26-38-24-23-37-10-7-31-55-53(37)54(38)56-50)39-25-27-46-48-16-6-9-36-22-21-35-8-5-15-47(51(35)52(36)48)44-13-3-4-14-45(44)49(46)32-39/h1-32H. The molecular formula is C54H32N2. The summed E-state index contributed by atoms with van der Waals surface area (Å²) in [6.45, 7) is 0. The second kappa shape index (κ2) is 12.0. The van der Waals surface area contributed by atoms with Gasteiger partial charge in [-0.05, 0) is 105 Å². The maximum Gasteiger partial charge on any atom is 0.0972 e. The predicted molar refractivity (Wildman–Crippen MR) is 238 cm³/mol. The Balaban J connectivity index is 1.02. The molecule has 0 aliphatic rings. The van der Waals surface area contributed by atoms with Gasteiger partial charge in [0.25, 0.3) is 0 Å². The van der Waals surface area contributed by atoms with Crippen molar-refractivity contribution in [1.82, 2.24) is 9.97 Å². The van der Waals surface area contributed by atoms with E-state index in [9.17, 15) is 0 Å². The fourth-order valence-corrected chi connectivity index (χ4v) is 9.23. The highest BCUT2D eigenvalue weighted by molar-refractivity contribution is 6.33. The molecule has 0 saturated carbocycles. The van der Waals surface area contributed by atoms with Gasteiger partial charge in [0.15, 0.2) is 0 Å². The van der Waals surface area contributed by atoms with Crippen LogP contribution < -0.4 is 0 Å². The van der Waals surface area contributed by atoms with Gasteiger partial charge in [-0.15, -0.1) is 0 Å². The Hall–Kier alpha value is -7.42. The number of rotatable bonds is 3. The summed E-state index contributed by atoms with van der Waals surface area (Å²) in [7, 11) is 0. The zero-order valence-electron chi connectivity index (χ0n) is 30.4. The third kappa shape index (κ3) is 4.63. The first kappa shape index (κ1) is 31.0. The molecule has 0 spiro atoms. The molecule has 0 fully saturated rings. The Morgan fingerprint density at radius 3 is 1.48 bits per heavy atom. The molecule has 0 radical (unpaired) electrons. The minimum Gasteiger partial charge on any atom is -0.254 e. The summed E-state index contributed by atoms with van der Waals surface area (Å²) >= 11 is 0. The highest BCUT2D eigenvalue weighted by Crippen LogP contribution is 2.42. The van der Waals surface area contributed by atoms with Gasteiger partial charge in [-0.2, -0.15) is 0 Å². The fraction of sp³-hybridized carbons (Fsp3) is 0. The Morgan fingerprint density at radius 1 is 0.286 bits per heavy atom. The van der Waals surface area contributed by atoms with E-state index in [1.165, 1.54) is 86.9 Å². The third-order valence-corrected chi connectivity index (χ3v) is 11.9. The van der Waals surface area contributed by atoms with Crippen molar-refractivity contribution in [3.8, 4) is 33.5 Å². The number of benzene rings is 9. The third-order valence-electron chi connectivity index (χ3n) is 11.9. The van der Waals surface area contributed by atoms with Crippen molar-refractivity contribution in [1.29, 1.82) is 0 Å². The fourth-order valence-electron chi connectivity index (χ4n) is 9.23. The summed E-state index contributed by atoms with van der Waals surface area (Å²) in [5, 5.41) is 17.5. The van der Waals surface area contributed by atoms with Crippen LogP contribution in [0.4, 0.5) is 0 Å². The zero-order valence-corrected chi connectivity index (χ0v) is 30.4. The van der Waals surface area contributed by atoms with E-state index in [1.54, 1.807) is 0 Å². The van der Waals surface area contributed by atoms with Crippen LogP contribution in [0.3, 0.4) is 0 Å². The summed E-state index contributed by atoms with van der Waals surface area (Å²) in [4.78, 5) is 9.75. The molecular weight excluding hydrogens is 677 g/mol. The second-order valence-corrected chi connectivity index (χ2v) is 14.9. The van der Waals surface area contributed by atoms with E-state index >= 15 is 0 Å². The normalized spacial score (nSPS) is 11.9. The number of pyridine rings is 2. The number of hydrogen-bond acceptors (Lipinski definition) is 2. The first-order chi connectivity index (χ1) is 27.8. The molecule has 12 aromatic rings.